The van der Waals surface area contributed by atoms with Crippen LogP contribution in [0.4, 0.5) is 16.3 Å². The molecule has 0 bridgehead atoms. The Morgan fingerprint density at radius 3 is 2.60 bits per heavy atom. The van der Waals surface area contributed by atoms with Crippen LogP contribution in [0, 0.1) is 0 Å². The second-order valence-electron chi connectivity index (χ2n) is 5.81. The summed E-state index contributed by atoms with van der Waals surface area (Å²) in [7, 11) is 1.64. The highest BCUT2D eigenvalue weighted by atomic mass is 16.2. The van der Waals surface area contributed by atoms with Gasteiger partial charge in [0.1, 0.15) is 5.82 Å². The van der Waals surface area contributed by atoms with Gasteiger partial charge >= 0.3 is 6.03 Å². The number of urea groups is 1. The Bertz CT molecular complexity index is 1040. The maximum Gasteiger partial charge on any atom is 0.321 e. The van der Waals surface area contributed by atoms with E-state index in [1.807, 2.05) is 0 Å². The van der Waals surface area contributed by atoms with E-state index in [2.05, 4.69) is 10.6 Å². The quantitative estimate of drug-likeness (QED) is 0.629. The number of nitrogens with two attached hydrogens (primary N) is 1. The number of hydrogen-bond acceptors (Lipinski definition) is 5. The molecule has 0 saturated carbocycles. The highest BCUT2D eigenvalue weighted by Crippen LogP contribution is 2.28. The van der Waals surface area contributed by atoms with E-state index < -0.39 is 17.4 Å². The number of aromatic nitrogens is 1. The van der Waals surface area contributed by atoms with Crippen LogP contribution < -0.4 is 26.8 Å². The predicted molar refractivity (Wildman–Crippen MR) is 88.9 cm³/mol. The van der Waals surface area contributed by atoms with Crippen molar-refractivity contribution in [3.63, 3.8) is 0 Å². The standard InChI is InChI=1S/C16H13N5O4/c1-20-10-3-2-8(4-7(10)6-18-16(20)25)21-11(22)5-9-12(13(21)17)15(24)19-14(9)23/h2-5H,6,17H2,1H3,(H,18,25)(H,19,23,24). The summed E-state index contributed by atoms with van der Waals surface area (Å²) < 4.78 is 1.17. The fourth-order valence-electron chi connectivity index (χ4n) is 3.12. The predicted octanol–water partition coefficient (Wildman–Crippen LogP) is -0.0373. The lowest BCUT2D eigenvalue weighted by Gasteiger charge is -2.27. The number of benzene rings is 1. The molecule has 4 rings (SSSR count). The average molecular weight is 339 g/mol. The maximum absolute atomic E-state index is 12.4. The molecule has 2 aliphatic rings. The molecule has 2 aliphatic heterocycles. The number of rotatable bonds is 1. The van der Waals surface area contributed by atoms with Gasteiger partial charge in [-0.1, -0.05) is 0 Å². The van der Waals surface area contributed by atoms with Crippen LogP contribution in [-0.2, 0) is 6.54 Å². The van der Waals surface area contributed by atoms with E-state index >= 15 is 0 Å². The van der Waals surface area contributed by atoms with Crippen molar-refractivity contribution in [3.8, 4) is 5.69 Å². The molecule has 3 heterocycles. The fraction of sp³-hybridized carbons (Fsp3) is 0.125. The van der Waals surface area contributed by atoms with Crippen LogP contribution in [0.2, 0.25) is 0 Å². The minimum atomic E-state index is -0.634. The second-order valence-corrected chi connectivity index (χ2v) is 5.81. The van der Waals surface area contributed by atoms with Crippen molar-refractivity contribution >= 4 is 29.4 Å². The van der Waals surface area contributed by atoms with Crippen molar-refractivity contribution in [2.75, 3.05) is 17.7 Å². The number of fused-ring (bicyclic) bond motifs is 2. The largest absolute Gasteiger partial charge is 0.384 e. The van der Waals surface area contributed by atoms with Gasteiger partial charge in [-0.05, 0) is 23.8 Å². The number of carbonyl (C=O) groups excluding carboxylic acids is 3. The molecule has 1 aromatic heterocycles. The first-order valence-electron chi connectivity index (χ1n) is 7.44. The van der Waals surface area contributed by atoms with E-state index in [-0.39, 0.29) is 23.0 Å². The molecule has 0 fully saturated rings. The second kappa shape index (κ2) is 4.94. The van der Waals surface area contributed by atoms with Crippen molar-refractivity contribution in [2.24, 2.45) is 0 Å². The van der Waals surface area contributed by atoms with E-state index in [4.69, 9.17) is 5.73 Å². The Labute approximate surface area is 141 Å². The lowest BCUT2D eigenvalue weighted by atomic mass is 10.1. The molecule has 25 heavy (non-hydrogen) atoms. The third-order valence-corrected chi connectivity index (χ3v) is 4.37. The molecule has 4 amide bonds. The van der Waals surface area contributed by atoms with Gasteiger partial charge in [0.05, 0.1) is 22.5 Å². The highest BCUT2D eigenvalue weighted by molar-refractivity contribution is 6.23. The van der Waals surface area contributed by atoms with Gasteiger partial charge in [-0.25, -0.2) is 4.79 Å². The summed E-state index contributed by atoms with van der Waals surface area (Å²) in [4.78, 5) is 49.2. The van der Waals surface area contributed by atoms with Crippen LogP contribution in [0.25, 0.3) is 5.69 Å². The zero-order valence-electron chi connectivity index (χ0n) is 13.1. The molecule has 0 unspecified atom stereocenters. The number of pyridine rings is 1. The summed E-state index contributed by atoms with van der Waals surface area (Å²) in [5.41, 5.74) is 7.43. The molecule has 1 aromatic carbocycles. The first-order valence-corrected chi connectivity index (χ1v) is 7.44. The SMILES string of the molecule is CN1C(=O)NCc2cc(-n3c(N)c4c(cc3=O)C(=O)NC4=O)ccc21. The average Bonchev–Trinajstić information content (AvgIpc) is 2.85. The molecule has 2 aromatic rings. The number of amides is 4. The smallest absolute Gasteiger partial charge is 0.321 e. The van der Waals surface area contributed by atoms with Crippen LogP contribution in [0.15, 0.2) is 29.1 Å². The van der Waals surface area contributed by atoms with Crippen molar-refractivity contribution in [1.29, 1.82) is 0 Å². The van der Waals surface area contributed by atoms with Gasteiger partial charge in [0.25, 0.3) is 17.4 Å². The third-order valence-electron chi connectivity index (χ3n) is 4.37. The number of imide groups is 1. The summed E-state index contributed by atoms with van der Waals surface area (Å²) in [6, 6.07) is 5.92. The first-order chi connectivity index (χ1) is 11.9. The van der Waals surface area contributed by atoms with Crippen molar-refractivity contribution < 1.29 is 14.4 Å². The minimum Gasteiger partial charge on any atom is -0.384 e. The molecular formula is C16H13N5O4. The molecule has 0 atom stereocenters. The zero-order valence-corrected chi connectivity index (χ0v) is 13.1. The van der Waals surface area contributed by atoms with Gasteiger partial charge in [0.15, 0.2) is 0 Å². The molecule has 9 nitrogen and oxygen atoms in total. The highest BCUT2D eigenvalue weighted by Gasteiger charge is 2.32. The molecule has 4 N–H and O–H groups in total. The van der Waals surface area contributed by atoms with Gasteiger partial charge in [0.2, 0.25) is 0 Å². The summed E-state index contributed by atoms with van der Waals surface area (Å²) in [5, 5.41) is 4.84. The number of anilines is 2. The summed E-state index contributed by atoms with van der Waals surface area (Å²) >= 11 is 0. The van der Waals surface area contributed by atoms with Gasteiger partial charge in [-0.2, -0.15) is 0 Å². The molecule has 0 radical (unpaired) electrons. The van der Waals surface area contributed by atoms with Crippen LogP contribution in [0.3, 0.4) is 0 Å². The van der Waals surface area contributed by atoms with Crippen LogP contribution >= 0.6 is 0 Å². The van der Waals surface area contributed by atoms with Crippen LogP contribution in [0.5, 0.6) is 0 Å². The normalized spacial score (nSPS) is 15.6. The van der Waals surface area contributed by atoms with Gasteiger partial charge < -0.3 is 11.1 Å². The molecule has 9 heteroatoms. The van der Waals surface area contributed by atoms with Crippen molar-refractivity contribution in [2.45, 2.75) is 6.54 Å². The fourth-order valence-corrected chi connectivity index (χ4v) is 3.12. The van der Waals surface area contributed by atoms with E-state index in [0.29, 0.717) is 17.9 Å². The number of nitrogen functional groups attached to an aromatic ring is 1. The van der Waals surface area contributed by atoms with Crippen molar-refractivity contribution in [3.05, 3.63) is 51.3 Å². The molecule has 126 valence electrons. The van der Waals surface area contributed by atoms with Gasteiger partial charge in [-0.3, -0.25) is 29.2 Å². The van der Waals surface area contributed by atoms with E-state index in [1.54, 1.807) is 25.2 Å². The zero-order chi connectivity index (χ0) is 17.9. The molecule has 0 aliphatic carbocycles. The van der Waals surface area contributed by atoms with Gasteiger partial charge in [0, 0.05) is 19.7 Å². The van der Waals surface area contributed by atoms with Gasteiger partial charge in [-0.15, -0.1) is 0 Å². The first kappa shape index (κ1) is 14.9. The minimum absolute atomic E-state index is 0.00672. The lowest BCUT2D eigenvalue weighted by molar-refractivity contribution is 0.0880. The number of carbonyl (C=O) groups is 3. The number of nitrogens with one attached hydrogen (secondary N) is 2. The number of nitrogens with zero attached hydrogens (tertiary/aromatic N) is 2. The Kier molecular flexibility index (Phi) is 2.95. The Balaban J connectivity index is 1.91. The monoisotopic (exact) mass is 339 g/mol. The van der Waals surface area contributed by atoms with E-state index in [9.17, 15) is 19.2 Å². The number of hydrogen-bond donors (Lipinski definition) is 3. The van der Waals surface area contributed by atoms with Crippen LogP contribution in [0.1, 0.15) is 26.3 Å². The molecular weight excluding hydrogens is 326 g/mol. The summed E-state index contributed by atoms with van der Waals surface area (Å²) in [6.45, 7) is 0.310. The maximum atomic E-state index is 12.4. The third kappa shape index (κ3) is 2.02. The van der Waals surface area contributed by atoms with Crippen LogP contribution in [-0.4, -0.2) is 29.5 Å². The van der Waals surface area contributed by atoms with E-state index in [1.165, 1.54) is 9.47 Å². The molecule has 0 saturated heterocycles. The Hall–Kier alpha value is -3.62. The Morgan fingerprint density at radius 2 is 1.84 bits per heavy atom. The summed E-state index contributed by atoms with van der Waals surface area (Å²) in [5.74, 6) is -1.36. The Morgan fingerprint density at radius 1 is 1.08 bits per heavy atom. The topological polar surface area (TPSA) is 127 Å². The lowest BCUT2D eigenvalue weighted by Crippen LogP contribution is -2.41. The summed E-state index contributed by atoms with van der Waals surface area (Å²) in [6.07, 6.45) is 0. The molecule has 0 spiro atoms. The van der Waals surface area contributed by atoms with E-state index in [0.717, 1.165) is 11.6 Å². The van der Waals surface area contributed by atoms with Crippen molar-refractivity contribution in [1.82, 2.24) is 15.2 Å².